The average molecular weight is 444 g/mol. The SMILES string of the molecule is Cc1c(Cl)c(C(F)(F)F)nn1CC(=O)Nc1cnn(-c2ccc(F)cc2)c1C(C)C. The van der Waals surface area contributed by atoms with Gasteiger partial charge in [0.05, 0.1) is 34.0 Å². The highest BCUT2D eigenvalue weighted by Crippen LogP contribution is 2.35. The van der Waals surface area contributed by atoms with Gasteiger partial charge in [-0.3, -0.25) is 9.48 Å². The highest BCUT2D eigenvalue weighted by molar-refractivity contribution is 6.32. The van der Waals surface area contributed by atoms with Crippen LogP contribution in [0, 0.1) is 12.7 Å². The molecule has 0 saturated heterocycles. The van der Waals surface area contributed by atoms with Crippen molar-refractivity contribution in [2.45, 2.75) is 39.4 Å². The largest absolute Gasteiger partial charge is 0.436 e. The first-order valence-electron chi connectivity index (χ1n) is 8.92. The zero-order valence-electron chi connectivity index (χ0n) is 16.3. The molecule has 1 N–H and O–H groups in total. The van der Waals surface area contributed by atoms with Crippen LogP contribution < -0.4 is 5.32 Å². The summed E-state index contributed by atoms with van der Waals surface area (Å²) in [5, 5.41) is 9.79. The summed E-state index contributed by atoms with van der Waals surface area (Å²) < 4.78 is 54.6. The van der Waals surface area contributed by atoms with E-state index in [2.05, 4.69) is 15.5 Å². The topological polar surface area (TPSA) is 64.7 Å². The smallest absolute Gasteiger partial charge is 0.322 e. The zero-order chi connectivity index (χ0) is 22.2. The number of hydrogen-bond acceptors (Lipinski definition) is 3. The lowest BCUT2D eigenvalue weighted by Crippen LogP contribution is -2.21. The van der Waals surface area contributed by atoms with E-state index < -0.39 is 35.2 Å². The third kappa shape index (κ3) is 4.33. The maximum Gasteiger partial charge on any atom is 0.436 e. The van der Waals surface area contributed by atoms with E-state index in [-0.39, 0.29) is 11.6 Å². The van der Waals surface area contributed by atoms with E-state index in [1.54, 1.807) is 16.8 Å². The molecule has 0 radical (unpaired) electrons. The second-order valence-corrected chi connectivity index (χ2v) is 7.32. The van der Waals surface area contributed by atoms with Crippen molar-refractivity contribution in [1.82, 2.24) is 19.6 Å². The molecule has 0 fully saturated rings. The van der Waals surface area contributed by atoms with E-state index in [1.165, 1.54) is 25.3 Å². The quantitative estimate of drug-likeness (QED) is 0.567. The number of aromatic nitrogens is 4. The van der Waals surface area contributed by atoms with Gasteiger partial charge in [-0.15, -0.1) is 0 Å². The Labute approximate surface area is 174 Å². The van der Waals surface area contributed by atoms with Gasteiger partial charge >= 0.3 is 6.18 Å². The van der Waals surface area contributed by atoms with Crippen LogP contribution in [0.2, 0.25) is 5.02 Å². The van der Waals surface area contributed by atoms with E-state index in [1.807, 2.05) is 13.8 Å². The van der Waals surface area contributed by atoms with Crippen molar-refractivity contribution in [2.24, 2.45) is 0 Å². The molecule has 6 nitrogen and oxygen atoms in total. The van der Waals surface area contributed by atoms with Crippen molar-refractivity contribution < 1.29 is 22.4 Å². The van der Waals surface area contributed by atoms with E-state index in [9.17, 15) is 22.4 Å². The molecule has 3 rings (SSSR count). The monoisotopic (exact) mass is 443 g/mol. The Bertz CT molecular complexity index is 1070. The summed E-state index contributed by atoms with van der Waals surface area (Å²) in [5.41, 5.74) is 0.448. The molecule has 1 amide bonds. The first-order chi connectivity index (χ1) is 14.0. The number of benzene rings is 1. The van der Waals surface area contributed by atoms with Crippen LogP contribution in [0.25, 0.3) is 5.69 Å². The molecule has 30 heavy (non-hydrogen) atoms. The molecular weight excluding hydrogens is 426 g/mol. The molecule has 3 aromatic rings. The molecule has 0 aliphatic heterocycles. The number of nitrogens with zero attached hydrogens (tertiary/aromatic N) is 4. The van der Waals surface area contributed by atoms with Crippen molar-refractivity contribution >= 4 is 23.2 Å². The lowest BCUT2D eigenvalue weighted by atomic mass is 10.1. The molecule has 0 aliphatic rings. The van der Waals surface area contributed by atoms with Crippen LogP contribution in [0.1, 0.15) is 36.8 Å². The van der Waals surface area contributed by atoms with Crippen LogP contribution in [0.3, 0.4) is 0 Å². The van der Waals surface area contributed by atoms with E-state index in [4.69, 9.17) is 11.6 Å². The fraction of sp³-hybridized carbons (Fsp3) is 0.316. The van der Waals surface area contributed by atoms with Gasteiger partial charge in [0.2, 0.25) is 5.91 Å². The van der Waals surface area contributed by atoms with Crippen molar-refractivity contribution in [3.8, 4) is 5.69 Å². The molecular formula is C19H18ClF4N5O. The highest BCUT2D eigenvalue weighted by atomic mass is 35.5. The second-order valence-electron chi connectivity index (χ2n) is 6.94. The number of carbonyl (C=O) groups is 1. The van der Waals surface area contributed by atoms with Gasteiger partial charge in [0, 0.05) is 0 Å². The minimum atomic E-state index is -4.72. The molecule has 0 saturated carbocycles. The average Bonchev–Trinajstić information content (AvgIpc) is 3.18. The number of alkyl halides is 3. The second kappa shape index (κ2) is 8.10. The third-order valence-corrected chi connectivity index (χ3v) is 4.85. The maximum atomic E-state index is 13.2. The lowest BCUT2D eigenvalue weighted by Gasteiger charge is -2.13. The summed E-state index contributed by atoms with van der Waals surface area (Å²) in [4.78, 5) is 12.5. The van der Waals surface area contributed by atoms with Crippen LogP contribution >= 0.6 is 11.6 Å². The Morgan fingerprint density at radius 2 is 1.87 bits per heavy atom. The van der Waals surface area contributed by atoms with Gasteiger partial charge in [-0.1, -0.05) is 25.4 Å². The van der Waals surface area contributed by atoms with Gasteiger partial charge in [0.15, 0.2) is 5.69 Å². The van der Waals surface area contributed by atoms with Crippen molar-refractivity contribution in [3.63, 3.8) is 0 Å². The summed E-state index contributed by atoms with van der Waals surface area (Å²) in [5.74, 6) is -1.05. The van der Waals surface area contributed by atoms with Gasteiger partial charge in [-0.25, -0.2) is 9.07 Å². The zero-order valence-corrected chi connectivity index (χ0v) is 17.0. The molecule has 2 aromatic heterocycles. The van der Waals surface area contributed by atoms with E-state index in [0.717, 1.165) is 4.68 Å². The predicted molar refractivity (Wildman–Crippen MR) is 103 cm³/mol. The third-order valence-electron chi connectivity index (χ3n) is 4.39. The van der Waals surface area contributed by atoms with Crippen LogP contribution in [-0.4, -0.2) is 25.5 Å². The van der Waals surface area contributed by atoms with Gasteiger partial charge in [-0.2, -0.15) is 23.4 Å². The summed E-state index contributed by atoms with van der Waals surface area (Å²) in [6, 6.07) is 5.69. The van der Waals surface area contributed by atoms with Gasteiger partial charge in [0.25, 0.3) is 0 Å². The number of halogens is 5. The fourth-order valence-corrected chi connectivity index (χ4v) is 3.23. The first kappa shape index (κ1) is 21.8. The number of carbonyl (C=O) groups excluding carboxylic acids is 1. The number of nitrogens with one attached hydrogen (secondary N) is 1. The van der Waals surface area contributed by atoms with Crippen molar-refractivity contribution in [2.75, 3.05) is 5.32 Å². The normalized spacial score (nSPS) is 11.9. The Hall–Kier alpha value is -2.88. The summed E-state index contributed by atoms with van der Waals surface area (Å²) in [6.07, 6.45) is -3.29. The lowest BCUT2D eigenvalue weighted by molar-refractivity contribution is -0.141. The minimum Gasteiger partial charge on any atom is -0.322 e. The summed E-state index contributed by atoms with van der Waals surface area (Å²) in [7, 11) is 0. The van der Waals surface area contributed by atoms with Crippen LogP contribution in [0.5, 0.6) is 0 Å². The van der Waals surface area contributed by atoms with Crippen LogP contribution in [0.4, 0.5) is 23.2 Å². The van der Waals surface area contributed by atoms with Crippen LogP contribution in [0.15, 0.2) is 30.5 Å². The first-order valence-corrected chi connectivity index (χ1v) is 9.30. The number of anilines is 1. The molecule has 0 atom stereocenters. The van der Waals surface area contributed by atoms with Crippen molar-refractivity contribution in [3.05, 3.63) is 58.4 Å². The molecule has 2 heterocycles. The minimum absolute atomic E-state index is 0.0326. The molecule has 0 bridgehead atoms. The summed E-state index contributed by atoms with van der Waals surface area (Å²) in [6.45, 7) is 4.67. The number of hydrogen-bond donors (Lipinski definition) is 1. The molecule has 0 spiro atoms. The Morgan fingerprint density at radius 1 is 1.23 bits per heavy atom. The Morgan fingerprint density at radius 3 is 2.40 bits per heavy atom. The maximum absolute atomic E-state index is 13.2. The molecule has 160 valence electrons. The van der Waals surface area contributed by atoms with E-state index in [0.29, 0.717) is 17.1 Å². The fourth-order valence-electron chi connectivity index (χ4n) is 2.98. The highest BCUT2D eigenvalue weighted by Gasteiger charge is 2.38. The Balaban J connectivity index is 1.85. The van der Waals surface area contributed by atoms with Gasteiger partial charge in [-0.05, 0) is 37.1 Å². The van der Waals surface area contributed by atoms with Crippen molar-refractivity contribution in [1.29, 1.82) is 0 Å². The van der Waals surface area contributed by atoms with Gasteiger partial charge < -0.3 is 5.32 Å². The molecule has 0 unspecified atom stereocenters. The number of amides is 1. The molecule has 1 aromatic carbocycles. The predicted octanol–water partition coefficient (Wildman–Crippen LogP) is 4.95. The number of rotatable bonds is 5. The standard InChI is InChI=1S/C19H18ClF4N5O/c1-10(2)17-14(8-25-29(17)13-6-4-12(21)5-7-13)26-15(30)9-28-11(3)16(20)18(27-28)19(22,23)24/h4-8,10H,9H2,1-3H3,(H,26,30). The molecule has 11 heteroatoms. The van der Waals surface area contributed by atoms with Crippen LogP contribution in [-0.2, 0) is 17.5 Å². The van der Waals surface area contributed by atoms with Gasteiger partial charge in [0.1, 0.15) is 12.4 Å². The Kier molecular flexibility index (Phi) is 5.89. The summed E-state index contributed by atoms with van der Waals surface area (Å²) >= 11 is 5.72. The molecule has 0 aliphatic carbocycles. The van der Waals surface area contributed by atoms with E-state index >= 15 is 0 Å².